The Bertz CT molecular complexity index is 547. The lowest BCUT2D eigenvalue weighted by Gasteiger charge is -2.30. The average molecular weight is 267 g/mol. The van der Waals surface area contributed by atoms with Crippen molar-refractivity contribution in [1.29, 1.82) is 0 Å². The van der Waals surface area contributed by atoms with Crippen LogP contribution in [0.4, 0.5) is 5.69 Å². The van der Waals surface area contributed by atoms with Gasteiger partial charge in [0.15, 0.2) is 0 Å². The highest BCUT2D eigenvalue weighted by Crippen LogP contribution is 2.31. The van der Waals surface area contributed by atoms with Gasteiger partial charge < -0.3 is 5.32 Å². The number of anilines is 1. The Kier molecular flexibility index (Phi) is 4.25. The first kappa shape index (κ1) is 13.5. The Morgan fingerprint density at radius 3 is 2.50 bits per heavy atom. The van der Waals surface area contributed by atoms with Crippen molar-refractivity contribution in [2.75, 3.05) is 5.32 Å². The van der Waals surface area contributed by atoms with Crippen molar-refractivity contribution < 1.29 is 0 Å². The molecule has 2 aromatic rings. The van der Waals surface area contributed by atoms with Crippen molar-refractivity contribution in [3.63, 3.8) is 0 Å². The summed E-state index contributed by atoms with van der Waals surface area (Å²) in [4.78, 5) is 0. The summed E-state index contributed by atoms with van der Waals surface area (Å²) in [5.41, 5.74) is 1.31. The molecule has 0 bridgehead atoms. The van der Waals surface area contributed by atoms with Crippen LogP contribution < -0.4 is 5.32 Å². The van der Waals surface area contributed by atoms with Crippen molar-refractivity contribution in [3.05, 3.63) is 42.5 Å². The number of benzene rings is 2. The lowest BCUT2D eigenvalue weighted by molar-refractivity contribution is 0.319. The molecule has 0 saturated heterocycles. The van der Waals surface area contributed by atoms with Gasteiger partial charge in [-0.25, -0.2) is 0 Å². The number of hydrogen-bond donors (Lipinski definition) is 1. The SMILES string of the molecule is CCCC1CCC(Nc2cccc3ccccc23)CC1. The third kappa shape index (κ3) is 2.98. The maximum atomic E-state index is 3.79. The van der Waals surface area contributed by atoms with Crippen LogP contribution in [0.5, 0.6) is 0 Å². The molecule has 106 valence electrons. The van der Waals surface area contributed by atoms with E-state index >= 15 is 0 Å². The van der Waals surface area contributed by atoms with Crippen LogP contribution in [0.1, 0.15) is 45.4 Å². The van der Waals surface area contributed by atoms with Crippen LogP contribution in [-0.4, -0.2) is 6.04 Å². The average Bonchev–Trinajstić information content (AvgIpc) is 2.50. The first-order valence-electron chi connectivity index (χ1n) is 8.11. The normalized spacial score (nSPS) is 22.9. The van der Waals surface area contributed by atoms with Crippen LogP contribution >= 0.6 is 0 Å². The zero-order valence-electron chi connectivity index (χ0n) is 12.4. The van der Waals surface area contributed by atoms with Gasteiger partial charge in [-0.15, -0.1) is 0 Å². The fraction of sp³-hybridized carbons (Fsp3) is 0.474. The lowest BCUT2D eigenvalue weighted by atomic mass is 9.83. The first-order valence-corrected chi connectivity index (χ1v) is 8.11. The van der Waals surface area contributed by atoms with Gasteiger partial charge in [0.05, 0.1) is 0 Å². The van der Waals surface area contributed by atoms with Gasteiger partial charge in [-0.2, -0.15) is 0 Å². The van der Waals surface area contributed by atoms with Crippen LogP contribution in [0.2, 0.25) is 0 Å². The molecule has 1 aliphatic carbocycles. The molecule has 1 heteroatoms. The van der Waals surface area contributed by atoms with Gasteiger partial charge in [0.25, 0.3) is 0 Å². The predicted molar refractivity (Wildman–Crippen MR) is 88.2 cm³/mol. The molecular weight excluding hydrogens is 242 g/mol. The monoisotopic (exact) mass is 267 g/mol. The van der Waals surface area contributed by atoms with Crippen molar-refractivity contribution in [2.24, 2.45) is 5.92 Å². The third-order valence-corrected chi connectivity index (χ3v) is 4.69. The fourth-order valence-electron chi connectivity index (χ4n) is 3.57. The predicted octanol–water partition coefficient (Wildman–Crippen LogP) is 5.61. The Labute approximate surface area is 122 Å². The van der Waals surface area contributed by atoms with Crippen molar-refractivity contribution in [1.82, 2.24) is 0 Å². The van der Waals surface area contributed by atoms with Gasteiger partial charge in [-0.1, -0.05) is 56.2 Å². The van der Waals surface area contributed by atoms with E-state index in [1.165, 1.54) is 55.0 Å². The van der Waals surface area contributed by atoms with Crippen molar-refractivity contribution in [3.8, 4) is 0 Å². The highest BCUT2D eigenvalue weighted by molar-refractivity contribution is 5.93. The quantitative estimate of drug-likeness (QED) is 0.759. The molecule has 0 unspecified atom stereocenters. The zero-order valence-corrected chi connectivity index (χ0v) is 12.4. The van der Waals surface area contributed by atoms with Gasteiger partial charge in [0.1, 0.15) is 0 Å². The molecule has 1 N–H and O–H groups in total. The van der Waals surface area contributed by atoms with Crippen molar-refractivity contribution in [2.45, 2.75) is 51.5 Å². The highest BCUT2D eigenvalue weighted by Gasteiger charge is 2.20. The Hall–Kier alpha value is -1.50. The van der Waals surface area contributed by atoms with Crippen LogP contribution in [0.15, 0.2) is 42.5 Å². The summed E-state index contributed by atoms with van der Waals surface area (Å²) in [6, 6.07) is 15.9. The van der Waals surface area contributed by atoms with Crippen molar-refractivity contribution >= 4 is 16.5 Å². The molecule has 0 spiro atoms. The number of fused-ring (bicyclic) bond motifs is 1. The van der Waals surface area contributed by atoms with E-state index in [-0.39, 0.29) is 0 Å². The largest absolute Gasteiger partial charge is 0.382 e. The van der Waals surface area contributed by atoms with Gasteiger partial charge in [0.2, 0.25) is 0 Å². The molecule has 1 fully saturated rings. The topological polar surface area (TPSA) is 12.0 Å². The fourth-order valence-corrected chi connectivity index (χ4v) is 3.57. The summed E-state index contributed by atoms with van der Waals surface area (Å²) in [6.07, 6.45) is 8.21. The number of rotatable bonds is 4. The second-order valence-corrected chi connectivity index (χ2v) is 6.18. The van der Waals surface area contributed by atoms with E-state index < -0.39 is 0 Å². The maximum Gasteiger partial charge on any atom is 0.0422 e. The van der Waals surface area contributed by atoms with Gasteiger partial charge in [-0.3, -0.25) is 0 Å². The van der Waals surface area contributed by atoms with E-state index in [1.54, 1.807) is 0 Å². The van der Waals surface area contributed by atoms with Gasteiger partial charge in [0, 0.05) is 17.1 Å². The number of nitrogens with one attached hydrogen (secondary N) is 1. The molecule has 1 saturated carbocycles. The summed E-state index contributed by atoms with van der Waals surface area (Å²) >= 11 is 0. The highest BCUT2D eigenvalue weighted by atomic mass is 14.9. The number of hydrogen-bond acceptors (Lipinski definition) is 1. The molecule has 20 heavy (non-hydrogen) atoms. The molecule has 0 aliphatic heterocycles. The van der Waals surface area contributed by atoms with Crippen LogP contribution in [0.25, 0.3) is 10.8 Å². The maximum absolute atomic E-state index is 3.79. The molecule has 0 atom stereocenters. The molecule has 0 amide bonds. The molecule has 0 radical (unpaired) electrons. The van der Waals surface area contributed by atoms with Gasteiger partial charge >= 0.3 is 0 Å². The molecule has 1 nitrogen and oxygen atoms in total. The van der Waals surface area contributed by atoms with Crippen LogP contribution in [0, 0.1) is 5.92 Å². The third-order valence-electron chi connectivity index (χ3n) is 4.69. The van der Waals surface area contributed by atoms with Crippen LogP contribution in [-0.2, 0) is 0 Å². The molecule has 0 heterocycles. The van der Waals surface area contributed by atoms with E-state index in [1.807, 2.05) is 0 Å². The van der Waals surface area contributed by atoms with E-state index in [9.17, 15) is 0 Å². The summed E-state index contributed by atoms with van der Waals surface area (Å²) < 4.78 is 0. The minimum Gasteiger partial charge on any atom is -0.382 e. The molecule has 2 aromatic carbocycles. The van der Waals surface area contributed by atoms with Gasteiger partial charge in [-0.05, 0) is 43.1 Å². The lowest BCUT2D eigenvalue weighted by Crippen LogP contribution is -2.26. The molecule has 0 aromatic heterocycles. The second kappa shape index (κ2) is 6.30. The minimum absolute atomic E-state index is 0.661. The first-order chi connectivity index (χ1) is 9.86. The van der Waals surface area contributed by atoms with E-state index in [4.69, 9.17) is 0 Å². The molecular formula is C19H25N. The second-order valence-electron chi connectivity index (χ2n) is 6.18. The summed E-state index contributed by atoms with van der Waals surface area (Å²) in [7, 11) is 0. The van der Waals surface area contributed by atoms with Crippen LogP contribution in [0.3, 0.4) is 0 Å². The summed E-state index contributed by atoms with van der Waals surface area (Å²) in [6.45, 7) is 2.31. The molecule has 3 rings (SSSR count). The van der Waals surface area contributed by atoms with E-state index in [0.29, 0.717) is 6.04 Å². The standard InChI is InChI=1S/C19H25N/c1-2-6-15-11-13-17(14-12-15)20-19-10-5-8-16-7-3-4-9-18(16)19/h3-5,7-10,15,17,20H,2,6,11-14H2,1H3. The van der Waals surface area contributed by atoms with E-state index in [0.717, 1.165) is 5.92 Å². The van der Waals surface area contributed by atoms with E-state index in [2.05, 4.69) is 54.7 Å². The summed E-state index contributed by atoms with van der Waals surface area (Å²) in [5, 5.41) is 6.47. The Morgan fingerprint density at radius 1 is 0.950 bits per heavy atom. The Balaban J connectivity index is 1.68. The molecule has 1 aliphatic rings. The minimum atomic E-state index is 0.661. The zero-order chi connectivity index (χ0) is 13.8. The summed E-state index contributed by atoms with van der Waals surface area (Å²) in [5.74, 6) is 0.977. The smallest absolute Gasteiger partial charge is 0.0422 e. The Morgan fingerprint density at radius 2 is 1.70 bits per heavy atom.